The van der Waals surface area contributed by atoms with Crippen LogP contribution in [0.1, 0.15) is 19.8 Å². The van der Waals surface area contributed by atoms with Crippen molar-refractivity contribution in [2.75, 3.05) is 25.0 Å². The van der Waals surface area contributed by atoms with Crippen molar-refractivity contribution in [1.82, 2.24) is 9.80 Å². The molecule has 2 heterocycles. The minimum absolute atomic E-state index is 0.0620. The number of piperazine rings is 1. The Morgan fingerprint density at radius 2 is 2.14 bits per heavy atom. The number of benzene rings is 1. The Kier molecular flexibility index (Phi) is 4.36. The largest absolute Gasteiger partial charge is 0.329 e. The first-order chi connectivity index (χ1) is 10.5. The van der Waals surface area contributed by atoms with E-state index >= 15 is 0 Å². The number of anilines is 1. The number of hydrogen-bond donors (Lipinski definition) is 1. The van der Waals surface area contributed by atoms with E-state index in [1.807, 2.05) is 6.92 Å². The van der Waals surface area contributed by atoms with Crippen LogP contribution >= 0.6 is 11.6 Å². The summed E-state index contributed by atoms with van der Waals surface area (Å²) < 4.78 is 0. The summed E-state index contributed by atoms with van der Waals surface area (Å²) in [5.41, 5.74) is 0.540. The molecule has 2 fully saturated rings. The highest BCUT2D eigenvalue weighted by Gasteiger charge is 2.38. The lowest BCUT2D eigenvalue weighted by atomic mass is 10.1. The van der Waals surface area contributed by atoms with Crippen LogP contribution in [0.25, 0.3) is 0 Å². The van der Waals surface area contributed by atoms with Crippen LogP contribution in [0.15, 0.2) is 24.3 Å². The molecular formula is C16H20ClN3O2. The Morgan fingerprint density at radius 1 is 1.32 bits per heavy atom. The average Bonchev–Trinajstić information content (AvgIpc) is 2.92. The van der Waals surface area contributed by atoms with Gasteiger partial charge in [0.1, 0.15) is 0 Å². The molecule has 6 heteroatoms. The summed E-state index contributed by atoms with van der Waals surface area (Å²) in [5.74, 6) is -1.06. The van der Waals surface area contributed by atoms with Gasteiger partial charge in [0.15, 0.2) is 0 Å². The monoisotopic (exact) mass is 321 g/mol. The van der Waals surface area contributed by atoms with E-state index in [1.54, 1.807) is 29.2 Å². The minimum atomic E-state index is -0.597. The second-order valence-corrected chi connectivity index (χ2v) is 6.50. The van der Waals surface area contributed by atoms with Gasteiger partial charge >= 0.3 is 11.8 Å². The molecule has 2 aliphatic heterocycles. The van der Waals surface area contributed by atoms with Crippen molar-refractivity contribution in [3.63, 3.8) is 0 Å². The van der Waals surface area contributed by atoms with Crippen molar-refractivity contribution in [2.45, 2.75) is 31.8 Å². The molecule has 0 aliphatic carbocycles. The zero-order chi connectivity index (χ0) is 15.7. The van der Waals surface area contributed by atoms with Gasteiger partial charge in [0.25, 0.3) is 0 Å². The summed E-state index contributed by atoms with van der Waals surface area (Å²) >= 11 is 5.89. The van der Waals surface area contributed by atoms with Crippen LogP contribution in [0.3, 0.4) is 0 Å². The molecule has 0 aromatic heterocycles. The van der Waals surface area contributed by atoms with Gasteiger partial charge in [0, 0.05) is 35.9 Å². The Labute approximate surface area is 135 Å². The topological polar surface area (TPSA) is 52.7 Å². The quantitative estimate of drug-likeness (QED) is 0.805. The Bertz CT molecular complexity index is 593. The molecule has 1 aromatic rings. The van der Waals surface area contributed by atoms with Crippen LogP contribution in [0, 0.1) is 0 Å². The minimum Gasteiger partial charge on any atom is -0.329 e. The molecule has 0 spiro atoms. The summed E-state index contributed by atoms with van der Waals surface area (Å²) in [6.45, 7) is 4.59. The third-order valence-electron chi connectivity index (χ3n) is 4.47. The van der Waals surface area contributed by atoms with Gasteiger partial charge in [-0.2, -0.15) is 0 Å². The lowest BCUT2D eigenvalue weighted by molar-refractivity contribution is -0.147. The van der Waals surface area contributed by atoms with Crippen LogP contribution < -0.4 is 5.32 Å². The molecule has 1 N–H and O–H groups in total. The van der Waals surface area contributed by atoms with E-state index in [-0.39, 0.29) is 6.04 Å². The summed E-state index contributed by atoms with van der Waals surface area (Å²) in [5, 5.41) is 3.16. The summed E-state index contributed by atoms with van der Waals surface area (Å²) in [4.78, 5) is 28.8. The molecule has 2 atom stereocenters. The normalized spacial score (nSPS) is 24.9. The average molecular weight is 322 g/mol. The van der Waals surface area contributed by atoms with E-state index in [9.17, 15) is 9.59 Å². The van der Waals surface area contributed by atoms with E-state index in [2.05, 4.69) is 10.2 Å². The molecule has 2 saturated heterocycles. The van der Waals surface area contributed by atoms with E-state index in [4.69, 9.17) is 11.6 Å². The fourth-order valence-electron chi connectivity index (χ4n) is 3.35. The SMILES string of the molecule is C[C@H]1CN2CCC[C@H]2CN1C(=O)C(=O)Nc1cccc(Cl)c1. The third kappa shape index (κ3) is 3.10. The highest BCUT2D eigenvalue weighted by Crippen LogP contribution is 2.24. The Hall–Kier alpha value is -1.59. The van der Waals surface area contributed by atoms with Gasteiger partial charge in [-0.15, -0.1) is 0 Å². The lowest BCUT2D eigenvalue weighted by Crippen LogP contribution is -2.58. The van der Waals surface area contributed by atoms with E-state index < -0.39 is 11.8 Å². The van der Waals surface area contributed by atoms with Crippen molar-refractivity contribution >= 4 is 29.1 Å². The first-order valence-corrected chi connectivity index (χ1v) is 8.04. The zero-order valence-electron chi connectivity index (χ0n) is 12.6. The number of halogens is 1. The number of hydrogen-bond acceptors (Lipinski definition) is 3. The van der Waals surface area contributed by atoms with E-state index in [0.717, 1.165) is 19.5 Å². The summed E-state index contributed by atoms with van der Waals surface area (Å²) in [6.07, 6.45) is 2.28. The maximum absolute atomic E-state index is 12.4. The number of nitrogens with one attached hydrogen (secondary N) is 1. The van der Waals surface area contributed by atoms with Gasteiger partial charge in [-0.3, -0.25) is 14.5 Å². The van der Waals surface area contributed by atoms with Gasteiger partial charge in [-0.05, 0) is 44.5 Å². The number of rotatable bonds is 1. The second-order valence-electron chi connectivity index (χ2n) is 6.06. The number of carbonyl (C=O) groups excluding carboxylic acids is 2. The number of fused-ring (bicyclic) bond motifs is 1. The molecule has 2 amide bonds. The van der Waals surface area contributed by atoms with Crippen LogP contribution in [-0.2, 0) is 9.59 Å². The third-order valence-corrected chi connectivity index (χ3v) is 4.71. The predicted octanol–water partition coefficient (Wildman–Crippen LogP) is 1.97. The van der Waals surface area contributed by atoms with Crippen molar-refractivity contribution in [3.8, 4) is 0 Å². The highest BCUT2D eigenvalue weighted by molar-refractivity contribution is 6.39. The van der Waals surface area contributed by atoms with Crippen molar-refractivity contribution in [2.24, 2.45) is 0 Å². The first kappa shape index (κ1) is 15.3. The first-order valence-electron chi connectivity index (χ1n) is 7.66. The van der Waals surface area contributed by atoms with Crippen molar-refractivity contribution in [3.05, 3.63) is 29.3 Å². The fourth-order valence-corrected chi connectivity index (χ4v) is 3.54. The van der Waals surface area contributed by atoms with Crippen LogP contribution in [-0.4, -0.2) is 53.3 Å². The summed E-state index contributed by atoms with van der Waals surface area (Å²) in [6, 6.07) is 7.27. The second kappa shape index (κ2) is 6.26. The molecule has 0 saturated carbocycles. The number of carbonyl (C=O) groups is 2. The fraction of sp³-hybridized carbons (Fsp3) is 0.500. The molecule has 0 bridgehead atoms. The number of amides is 2. The molecule has 3 rings (SSSR count). The smallest absolute Gasteiger partial charge is 0.313 e. The molecule has 5 nitrogen and oxygen atoms in total. The van der Waals surface area contributed by atoms with Crippen LogP contribution in [0.4, 0.5) is 5.69 Å². The van der Waals surface area contributed by atoms with E-state index in [1.165, 1.54) is 6.42 Å². The zero-order valence-corrected chi connectivity index (χ0v) is 13.3. The van der Waals surface area contributed by atoms with Crippen molar-refractivity contribution in [1.29, 1.82) is 0 Å². The van der Waals surface area contributed by atoms with Crippen LogP contribution in [0.5, 0.6) is 0 Å². The molecule has 118 valence electrons. The molecule has 0 unspecified atom stereocenters. The highest BCUT2D eigenvalue weighted by atomic mass is 35.5. The van der Waals surface area contributed by atoms with Gasteiger partial charge in [-0.25, -0.2) is 0 Å². The lowest BCUT2D eigenvalue weighted by Gasteiger charge is -2.41. The molecular weight excluding hydrogens is 302 g/mol. The molecule has 1 aromatic carbocycles. The predicted molar refractivity (Wildman–Crippen MR) is 85.9 cm³/mol. The van der Waals surface area contributed by atoms with Gasteiger partial charge in [0.2, 0.25) is 0 Å². The maximum Gasteiger partial charge on any atom is 0.313 e. The summed E-state index contributed by atoms with van der Waals surface area (Å²) in [7, 11) is 0. The maximum atomic E-state index is 12.4. The molecule has 2 aliphatic rings. The van der Waals surface area contributed by atoms with Crippen LogP contribution in [0.2, 0.25) is 5.02 Å². The molecule has 22 heavy (non-hydrogen) atoms. The Morgan fingerprint density at radius 3 is 2.91 bits per heavy atom. The molecule has 0 radical (unpaired) electrons. The van der Waals surface area contributed by atoms with E-state index in [0.29, 0.717) is 23.3 Å². The van der Waals surface area contributed by atoms with Crippen molar-refractivity contribution < 1.29 is 9.59 Å². The van der Waals surface area contributed by atoms with Gasteiger partial charge in [0.05, 0.1) is 0 Å². The van der Waals surface area contributed by atoms with Gasteiger partial charge < -0.3 is 10.2 Å². The number of nitrogens with zero attached hydrogens (tertiary/aromatic N) is 2. The standard InChI is InChI=1S/C16H20ClN3O2/c1-11-9-19-7-3-6-14(19)10-20(11)16(22)15(21)18-13-5-2-4-12(17)8-13/h2,4-5,8,11,14H,3,6-7,9-10H2,1H3,(H,18,21)/t11-,14-/m0/s1. The van der Waals surface area contributed by atoms with Gasteiger partial charge in [-0.1, -0.05) is 17.7 Å². The Balaban J connectivity index is 1.66.